The first-order chi connectivity index (χ1) is 10.1. The highest BCUT2D eigenvalue weighted by atomic mass is 16.7. The Morgan fingerprint density at radius 3 is 2.90 bits per heavy atom. The second kappa shape index (κ2) is 7.17. The number of fused-ring (bicyclic) bond motifs is 1. The van der Waals surface area contributed by atoms with Crippen LogP contribution in [0.2, 0.25) is 0 Å². The van der Waals surface area contributed by atoms with Gasteiger partial charge in [-0.2, -0.15) is 0 Å². The number of hydrogen-bond acceptors (Lipinski definition) is 5. The van der Waals surface area contributed by atoms with E-state index in [1.54, 1.807) is 7.11 Å². The predicted octanol–water partition coefficient (Wildman–Crippen LogP) is 1.29. The van der Waals surface area contributed by atoms with E-state index in [-0.39, 0.29) is 19.2 Å². The van der Waals surface area contributed by atoms with Crippen LogP contribution in [0.25, 0.3) is 0 Å². The van der Waals surface area contributed by atoms with Gasteiger partial charge in [-0.15, -0.1) is 0 Å². The zero-order chi connectivity index (χ0) is 15.2. The molecule has 1 aromatic rings. The Labute approximate surface area is 124 Å². The third-order valence-corrected chi connectivity index (χ3v) is 3.04. The van der Waals surface area contributed by atoms with E-state index in [0.29, 0.717) is 36.3 Å². The molecule has 0 aromatic heterocycles. The normalized spacial score (nSPS) is 12.6. The van der Waals surface area contributed by atoms with Gasteiger partial charge in [0.15, 0.2) is 11.5 Å². The molecule has 1 aliphatic heterocycles. The summed E-state index contributed by atoms with van der Waals surface area (Å²) in [4.78, 5) is 11.6. The predicted molar refractivity (Wildman–Crippen MR) is 78.7 cm³/mol. The maximum Gasteiger partial charge on any atom is 0.233 e. The molecule has 0 saturated heterocycles. The third kappa shape index (κ3) is 4.26. The molecule has 0 bridgehead atoms. The van der Waals surface area contributed by atoms with E-state index in [1.165, 1.54) is 0 Å². The van der Waals surface area contributed by atoms with E-state index < -0.39 is 0 Å². The second-order valence-electron chi connectivity index (χ2n) is 5.33. The van der Waals surface area contributed by atoms with Gasteiger partial charge >= 0.3 is 0 Å². The monoisotopic (exact) mass is 294 g/mol. The number of carbonyl (C=O) groups excluding carboxylic acids is 1. The topological polar surface area (TPSA) is 68.8 Å². The lowest BCUT2D eigenvalue weighted by Gasteiger charge is -2.10. The van der Waals surface area contributed by atoms with E-state index in [4.69, 9.17) is 14.2 Å². The average molecular weight is 294 g/mol. The average Bonchev–Trinajstić information content (AvgIpc) is 2.92. The Hall–Kier alpha value is -1.95. The lowest BCUT2D eigenvalue weighted by atomic mass is 10.2. The molecule has 2 rings (SSSR count). The van der Waals surface area contributed by atoms with Crippen molar-refractivity contribution >= 4 is 5.91 Å². The van der Waals surface area contributed by atoms with Crippen molar-refractivity contribution in [2.24, 2.45) is 5.92 Å². The molecule has 1 heterocycles. The summed E-state index contributed by atoms with van der Waals surface area (Å²) in [6.45, 7) is 5.86. The maximum atomic E-state index is 11.6. The van der Waals surface area contributed by atoms with Crippen LogP contribution in [-0.4, -0.2) is 32.9 Å². The fraction of sp³-hybridized carbons (Fsp3) is 0.533. The quantitative estimate of drug-likeness (QED) is 0.793. The summed E-state index contributed by atoms with van der Waals surface area (Å²) >= 11 is 0. The van der Waals surface area contributed by atoms with E-state index in [0.717, 1.165) is 5.56 Å². The van der Waals surface area contributed by atoms with Crippen LogP contribution in [-0.2, 0) is 11.3 Å². The van der Waals surface area contributed by atoms with Crippen molar-refractivity contribution in [3.8, 4) is 17.2 Å². The van der Waals surface area contributed by atoms with Gasteiger partial charge in [-0.25, -0.2) is 0 Å². The summed E-state index contributed by atoms with van der Waals surface area (Å²) in [6.07, 6.45) is 0. The molecule has 0 atom stereocenters. The van der Waals surface area contributed by atoms with Crippen molar-refractivity contribution in [2.45, 2.75) is 20.4 Å². The van der Waals surface area contributed by atoms with Crippen molar-refractivity contribution < 1.29 is 19.0 Å². The van der Waals surface area contributed by atoms with Gasteiger partial charge in [-0.3, -0.25) is 4.79 Å². The molecular formula is C15H22N2O4. The zero-order valence-electron chi connectivity index (χ0n) is 12.7. The van der Waals surface area contributed by atoms with Gasteiger partial charge < -0.3 is 24.8 Å². The Morgan fingerprint density at radius 1 is 1.38 bits per heavy atom. The van der Waals surface area contributed by atoms with Gasteiger partial charge in [0.1, 0.15) is 0 Å². The summed E-state index contributed by atoms with van der Waals surface area (Å²) in [5.74, 6) is 2.40. The molecule has 1 aliphatic rings. The molecule has 21 heavy (non-hydrogen) atoms. The van der Waals surface area contributed by atoms with E-state index in [1.807, 2.05) is 12.1 Å². The van der Waals surface area contributed by atoms with Crippen molar-refractivity contribution in [3.63, 3.8) is 0 Å². The van der Waals surface area contributed by atoms with Crippen LogP contribution in [0.15, 0.2) is 12.1 Å². The smallest absolute Gasteiger partial charge is 0.233 e. The second-order valence-corrected chi connectivity index (χ2v) is 5.33. The number of nitrogens with one attached hydrogen (secondary N) is 2. The fourth-order valence-corrected chi connectivity index (χ4v) is 1.99. The maximum absolute atomic E-state index is 11.6. The number of rotatable bonds is 7. The molecule has 0 fully saturated rings. The van der Waals surface area contributed by atoms with Gasteiger partial charge in [-0.1, -0.05) is 13.8 Å². The first-order valence-corrected chi connectivity index (χ1v) is 7.04. The fourth-order valence-electron chi connectivity index (χ4n) is 1.99. The van der Waals surface area contributed by atoms with Crippen LogP contribution in [0.5, 0.6) is 17.2 Å². The van der Waals surface area contributed by atoms with Crippen molar-refractivity contribution in [1.29, 1.82) is 0 Å². The van der Waals surface area contributed by atoms with Crippen LogP contribution in [0.3, 0.4) is 0 Å². The minimum Gasteiger partial charge on any atom is -0.493 e. The minimum absolute atomic E-state index is 0.00333. The lowest BCUT2D eigenvalue weighted by molar-refractivity contribution is -0.120. The van der Waals surface area contributed by atoms with Gasteiger partial charge in [0.25, 0.3) is 0 Å². The van der Waals surface area contributed by atoms with Crippen LogP contribution in [0.1, 0.15) is 19.4 Å². The van der Waals surface area contributed by atoms with Crippen molar-refractivity contribution in [3.05, 3.63) is 17.7 Å². The first-order valence-electron chi connectivity index (χ1n) is 7.04. The molecule has 0 aliphatic carbocycles. The Bertz CT molecular complexity index is 503. The number of benzene rings is 1. The van der Waals surface area contributed by atoms with Crippen LogP contribution >= 0.6 is 0 Å². The molecule has 0 unspecified atom stereocenters. The van der Waals surface area contributed by atoms with E-state index in [2.05, 4.69) is 24.5 Å². The molecular weight excluding hydrogens is 272 g/mol. The summed E-state index contributed by atoms with van der Waals surface area (Å²) in [7, 11) is 1.59. The zero-order valence-corrected chi connectivity index (χ0v) is 12.7. The van der Waals surface area contributed by atoms with Gasteiger partial charge in [0.2, 0.25) is 18.4 Å². The highest BCUT2D eigenvalue weighted by Gasteiger charge is 2.19. The van der Waals surface area contributed by atoms with Crippen molar-refractivity contribution in [2.75, 3.05) is 27.0 Å². The van der Waals surface area contributed by atoms with Crippen LogP contribution in [0, 0.1) is 5.92 Å². The number of ether oxygens (including phenoxy) is 3. The first kappa shape index (κ1) is 15.4. The van der Waals surface area contributed by atoms with E-state index >= 15 is 0 Å². The van der Waals surface area contributed by atoms with Gasteiger partial charge in [-0.05, 0) is 23.6 Å². The van der Waals surface area contributed by atoms with E-state index in [9.17, 15) is 4.79 Å². The Kier molecular flexibility index (Phi) is 5.27. The van der Waals surface area contributed by atoms with Crippen molar-refractivity contribution in [1.82, 2.24) is 10.6 Å². The van der Waals surface area contributed by atoms with Crippen LogP contribution in [0.4, 0.5) is 0 Å². The van der Waals surface area contributed by atoms with Gasteiger partial charge in [0.05, 0.1) is 13.7 Å². The van der Waals surface area contributed by atoms with Gasteiger partial charge in [0, 0.05) is 13.1 Å². The summed E-state index contributed by atoms with van der Waals surface area (Å²) in [5, 5.41) is 5.97. The largest absolute Gasteiger partial charge is 0.493 e. The summed E-state index contributed by atoms with van der Waals surface area (Å²) < 4.78 is 16.0. The number of carbonyl (C=O) groups is 1. The summed E-state index contributed by atoms with van der Waals surface area (Å²) in [5.41, 5.74) is 0.979. The molecule has 6 nitrogen and oxygen atoms in total. The highest BCUT2D eigenvalue weighted by molar-refractivity contribution is 5.77. The molecule has 2 N–H and O–H groups in total. The Balaban J connectivity index is 1.85. The molecule has 0 spiro atoms. The molecule has 6 heteroatoms. The standard InChI is InChI=1S/C15H22N2O4/c1-10(2)6-17-14(18)8-16-7-11-4-12(19-3)15-13(5-11)20-9-21-15/h4-5,10,16H,6-9H2,1-3H3,(H,17,18). The SMILES string of the molecule is COc1cc(CNCC(=O)NCC(C)C)cc2c1OCO2. The lowest BCUT2D eigenvalue weighted by Crippen LogP contribution is -2.35. The molecule has 1 aromatic carbocycles. The van der Waals surface area contributed by atoms with Crippen LogP contribution < -0.4 is 24.8 Å². The number of hydrogen-bond donors (Lipinski definition) is 2. The molecule has 0 saturated carbocycles. The minimum atomic E-state index is -0.00333. The summed E-state index contributed by atoms with van der Waals surface area (Å²) in [6, 6.07) is 3.77. The third-order valence-electron chi connectivity index (χ3n) is 3.04. The molecule has 116 valence electrons. The molecule has 1 amide bonds. The number of methoxy groups -OCH3 is 1. The number of amides is 1. The highest BCUT2D eigenvalue weighted by Crippen LogP contribution is 2.41. The molecule has 0 radical (unpaired) electrons. The Morgan fingerprint density at radius 2 is 2.19 bits per heavy atom.